The van der Waals surface area contributed by atoms with Gasteiger partial charge in [-0.05, 0) is 30.3 Å². The third kappa shape index (κ3) is 3.71. The largest absolute Gasteiger partial charge is 0.497 e. The van der Waals surface area contributed by atoms with Crippen molar-refractivity contribution in [1.29, 1.82) is 0 Å². The number of ether oxygens (including phenoxy) is 2. The molecule has 2 aromatic carbocycles. The number of morpholine rings is 1. The van der Waals surface area contributed by atoms with Crippen molar-refractivity contribution in [2.24, 2.45) is 0 Å². The van der Waals surface area contributed by atoms with Gasteiger partial charge in [0.2, 0.25) is 5.91 Å². The number of nitrogens with one attached hydrogen (secondary N) is 1. The van der Waals surface area contributed by atoms with E-state index in [0.29, 0.717) is 5.58 Å². The lowest BCUT2D eigenvalue weighted by molar-refractivity contribution is -0.115. The molecule has 0 unspecified atom stereocenters. The average molecular weight is 423 g/mol. The molecule has 0 radical (unpaired) electrons. The summed E-state index contributed by atoms with van der Waals surface area (Å²) in [6.45, 7) is 3.17. The van der Waals surface area contributed by atoms with Crippen LogP contribution in [0.1, 0.15) is 5.56 Å². The Labute approximate surface area is 177 Å². The van der Waals surface area contributed by atoms with Gasteiger partial charge in [-0.25, -0.2) is 4.98 Å². The number of hydrogen-bond acceptors (Lipinski definition) is 7. The number of benzene rings is 2. The number of thiazole rings is 1. The number of furan rings is 1. The molecule has 5 rings (SSSR count). The Balaban J connectivity index is 1.30. The number of anilines is 2. The van der Waals surface area contributed by atoms with Gasteiger partial charge in [0.25, 0.3) is 0 Å². The molecule has 1 fully saturated rings. The summed E-state index contributed by atoms with van der Waals surface area (Å²) in [5.41, 5.74) is 3.26. The fraction of sp³-hybridized carbons (Fsp3) is 0.273. The second kappa shape index (κ2) is 7.97. The summed E-state index contributed by atoms with van der Waals surface area (Å²) in [6, 6.07) is 11.4. The summed E-state index contributed by atoms with van der Waals surface area (Å²) >= 11 is 1.64. The predicted octanol–water partition coefficient (Wildman–Crippen LogP) is 4.07. The Hall–Kier alpha value is -3.10. The number of rotatable bonds is 5. The molecule has 0 aliphatic carbocycles. The predicted molar refractivity (Wildman–Crippen MR) is 118 cm³/mol. The molecule has 7 nitrogen and oxygen atoms in total. The third-order valence-corrected chi connectivity index (χ3v) is 6.24. The monoisotopic (exact) mass is 423 g/mol. The molecule has 1 aliphatic heterocycles. The van der Waals surface area contributed by atoms with Crippen LogP contribution in [0.4, 0.5) is 10.8 Å². The van der Waals surface area contributed by atoms with E-state index in [0.717, 1.165) is 64.0 Å². The average Bonchev–Trinajstić information content (AvgIpc) is 3.37. The summed E-state index contributed by atoms with van der Waals surface area (Å²) < 4.78 is 17.3. The van der Waals surface area contributed by atoms with Gasteiger partial charge in [-0.3, -0.25) is 4.79 Å². The van der Waals surface area contributed by atoms with E-state index in [1.807, 2.05) is 36.4 Å². The minimum atomic E-state index is -0.0919. The number of carbonyl (C=O) groups excluding carboxylic acids is 1. The molecule has 8 heteroatoms. The van der Waals surface area contributed by atoms with Crippen LogP contribution in [0.3, 0.4) is 0 Å². The van der Waals surface area contributed by atoms with Crippen LogP contribution < -0.4 is 15.0 Å². The molecule has 0 saturated carbocycles. The van der Waals surface area contributed by atoms with Gasteiger partial charge in [-0.1, -0.05) is 11.3 Å². The topological polar surface area (TPSA) is 76.8 Å². The van der Waals surface area contributed by atoms with Crippen LogP contribution in [0.25, 0.3) is 21.2 Å². The smallest absolute Gasteiger partial charge is 0.228 e. The van der Waals surface area contributed by atoms with E-state index in [9.17, 15) is 4.79 Å². The Bertz CT molecular complexity index is 1210. The fourth-order valence-corrected chi connectivity index (χ4v) is 4.64. The molecule has 1 N–H and O–H groups in total. The first-order valence-corrected chi connectivity index (χ1v) is 10.6. The summed E-state index contributed by atoms with van der Waals surface area (Å²) in [5, 5.41) is 4.90. The van der Waals surface area contributed by atoms with Crippen molar-refractivity contribution in [1.82, 2.24) is 4.98 Å². The van der Waals surface area contributed by atoms with Gasteiger partial charge in [-0.2, -0.15) is 0 Å². The highest BCUT2D eigenvalue weighted by Gasteiger charge is 2.16. The number of fused-ring (bicyclic) bond motifs is 2. The lowest BCUT2D eigenvalue weighted by Crippen LogP contribution is -2.36. The minimum absolute atomic E-state index is 0.0919. The van der Waals surface area contributed by atoms with Crippen LogP contribution in [0.2, 0.25) is 0 Å². The van der Waals surface area contributed by atoms with Crippen LogP contribution in [0.5, 0.6) is 5.75 Å². The zero-order valence-electron chi connectivity index (χ0n) is 16.5. The van der Waals surface area contributed by atoms with E-state index in [2.05, 4.69) is 10.2 Å². The maximum absolute atomic E-state index is 12.6. The SMILES string of the molecule is COc1ccc2c(CC(=O)Nc3ccc4nc(N5CCOCC5)sc4c3)coc2c1. The molecule has 0 bridgehead atoms. The van der Waals surface area contributed by atoms with Crippen LogP contribution in [0.15, 0.2) is 47.1 Å². The summed E-state index contributed by atoms with van der Waals surface area (Å²) in [7, 11) is 1.61. The zero-order chi connectivity index (χ0) is 20.5. The number of carbonyl (C=O) groups is 1. The van der Waals surface area contributed by atoms with Crippen molar-refractivity contribution in [2.75, 3.05) is 43.6 Å². The lowest BCUT2D eigenvalue weighted by Gasteiger charge is -2.25. The van der Waals surface area contributed by atoms with Crippen LogP contribution >= 0.6 is 11.3 Å². The molecule has 1 saturated heterocycles. The van der Waals surface area contributed by atoms with Crippen molar-refractivity contribution in [3.05, 3.63) is 48.2 Å². The Morgan fingerprint density at radius 2 is 2.10 bits per heavy atom. The molecule has 1 amide bonds. The highest BCUT2D eigenvalue weighted by Crippen LogP contribution is 2.31. The maximum atomic E-state index is 12.6. The van der Waals surface area contributed by atoms with Crippen molar-refractivity contribution in [3.8, 4) is 5.75 Å². The molecule has 0 spiro atoms. The molecular weight excluding hydrogens is 402 g/mol. The third-order valence-electron chi connectivity index (χ3n) is 5.16. The van der Waals surface area contributed by atoms with Gasteiger partial charge in [0.1, 0.15) is 11.3 Å². The number of hydrogen-bond donors (Lipinski definition) is 1. The first-order chi connectivity index (χ1) is 14.7. The molecular formula is C22H21N3O4S. The van der Waals surface area contributed by atoms with Gasteiger partial charge < -0.3 is 24.1 Å². The molecule has 0 atom stereocenters. The van der Waals surface area contributed by atoms with Crippen molar-refractivity contribution >= 4 is 49.2 Å². The quantitative estimate of drug-likeness (QED) is 0.522. The van der Waals surface area contributed by atoms with Crippen molar-refractivity contribution in [2.45, 2.75) is 6.42 Å². The number of nitrogens with zero attached hydrogens (tertiary/aromatic N) is 2. The van der Waals surface area contributed by atoms with E-state index >= 15 is 0 Å². The normalized spacial score (nSPS) is 14.4. The van der Waals surface area contributed by atoms with E-state index < -0.39 is 0 Å². The van der Waals surface area contributed by atoms with Crippen molar-refractivity contribution in [3.63, 3.8) is 0 Å². The first-order valence-electron chi connectivity index (χ1n) is 9.77. The Morgan fingerprint density at radius 1 is 1.23 bits per heavy atom. The van der Waals surface area contributed by atoms with Crippen LogP contribution in [0, 0.1) is 0 Å². The molecule has 2 aromatic heterocycles. The molecule has 1 aliphatic rings. The number of aromatic nitrogens is 1. The molecule has 30 heavy (non-hydrogen) atoms. The second-order valence-electron chi connectivity index (χ2n) is 7.13. The fourth-order valence-electron chi connectivity index (χ4n) is 3.59. The van der Waals surface area contributed by atoms with E-state index in [1.54, 1.807) is 24.7 Å². The van der Waals surface area contributed by atoms with Gasteiger partial charge >= 0.3 is 0 Å². The second-order valence-corrected chi connectivity index (χ2v) is 8.14. The van der Waals surface area contributed by atoms with Gasteiger partial charge in [0, 0.05) is 35.8 Å². The summed E-state index contributed by atoms with van der Waals surface area (Å²) in [4.78, 5) is 19.6. The van der Waals surface area contributed by atoms with Crippen LogP contribution in [-0.4, -0.2) is 44.3 Å². The van der Waals surface area contributed by atoms with Crippen molar-refractivity contribution < 1.29 is 18.7 Å². The Kier molecular flexibility index (Phi) is 5.02. The number of amides is 1. The van der Waals surface area contributed by atoms with E-state index in [1.165, 1.54) is 0 Å². The standard InChI is InChI=1S/C22H21N3O4S/c1-27-16-3-4-17-14(13-29-19(17)12-16)10-21(26)23-15-2-5-18-20(11-15)30-22(24-18)25-6-8-28-9-7-25/h2-5,11-13H,6-10H2,1H3,(H,23,26). The van der Waals surface area contributed by atoms with Gasteiger partial charge in [0.15, 0.2) is 5.13 Å². The van der Waals surface area contributed by atoms with Crippen LogP contribution in [-0.2, 0) is 16.0 Å². The molecule has 3 heterocycles. The maximum Gasteiger partial charge on any atom is 0.228 e. The highest BCUT2D eigenvalue weighted by atomic mass is 32.1. The van der Waals surface area contributed by atoms with Gasteiger partial charge in [0.05, 0.1) is 43.2 Å². The number of methoxy groups -OCH3 is 1. The summed E-state index contributed by atoms with van der Waals surface area (Å²) in [6.07, 6.45) is 1.86. The molecule has 4 aromatic rings. The lowest BCUT2D eigenvalue weighted by atomic mass is 10.1. The Morgan fingerprint density at radius 3 is 2.93 bits per heavy atom. The molecule has 154 valence electrons. The first kappa shape index (κ1) is 18.9. The van der Waals surface area contributed by atoms with Gasteiger partial charge in [-0.15, -0.1) is 0 Å². The van der Waals surface area contributed by atoms with E-state index in [4.69, 9.17) is 18.9 Å². The zero-order valence-corrected chi connectivity index (χ0v) is 17.3. The highest BCUT2D eigenvalue weighted by molar-refractivity contribution is 7.22. The summed E-state index contributed by atoms with van der Waals surface area (Å²) in [5.74, 6) is 0.632. The minimum Gasteiger partial charge on any atom is -0.497 e. The van der Waals surface area contributed by atoms with E-state index in [-0.39, 0.29) is 12.3 Å².